The van der Waals surface area contributed by atoms with Gasteiger partial charge in [-0.25, -0.2) is 4.79 Å². The molecular weight excluding hydrogens is 258 g/mol. The monoisotopic (exact) mass is 268 g/mol. The molecule has 0 bridgehead atoms. The zero-order valence-corrected chi connectivity index (χ0v) is 9.98. The highest BCUT2D eigenvalue weighted by Crippen LogP contribution is 2.26. The lowest BCUT2D eigenvalue weighted by molar-refractivity contribution is -0.164. The van der Waals surface area contributed by atoms with Gasteiger partial charge in [-0.2, -0.15) is 8.78 Å². The molecule has 0 spiro atoms. The fourth-order valence-electron chi connectivity index (χ4n) is 1.56. The summed E-state index contributed by atoms with van der Waals surface area (Å²) in [6.07, 6.45) is 0. The molecule has 1 heterocycles. The molecule has 100 valence electrons. The zero-order chi connectivity index (χ0) is 14.0. The molecule has 0 radical (unpaired) electrons. The second-order valence-electron chi connectivity index (χ2n) is 3.77. The van der Waals surface area contributed by atoms with Crippen molar-refractivity contribution in [3.05, 3.63) is 36.1 Å². The van der Waals surface area contributed by atoms with E-state index < -0.39 is 23.4 Å². The molecule has 1 aromatic heterocycles. The number of Topliss-reactive ketones (excluding diaryl/α,β-unsaturated/α-hetero) is 1. The fraction of sp³-hybridized carbons (Fsp3) is 0.231. The van der Waals surface area contributed by atoms with Gasteiger partial charge < -0.3 is 9.15 Å². The number of hydrogen-bond acceptors (Lipinski definition) is 4. The van der Waals surface area contributed by atoms with Gasteiger partial charge in [0.1, 0.15) is 5.58 Å². The van der Waals surface area contributed by atoms with Crippen LogP contribution in [-0.4, -0.2) is 24.3 Å². The lowest BCUT2D eigenvalue weighted by Crippen LogP contribution is -2.39. The Morgan fingerprint density at radius 1 is 1.32 bits per heavy atom. The standard InChI is InChI=1S/C13H10F2O4/c1-2-18-12(17)13(14,15)11(16)10-7-8-5-3-4-6-9(8)19-10/h3-7H,2H2,1H3. The Kier molecular flexibility index (Phi) is 3.33. The van der Waals surface area contributed by atoms with E-state index in [1.54, 1.807) is 18.2 Å². The van der Waals surface area contributed by atoms with Gasteiger partial charge in [0, 0.05) is 5.39 Å². The summed E-state index contributed by atoms with van der Waals surface area (Å²) >= 11 is 0. The molecule has 0 N–H and O–H groups in total. The van der Waals surface area contributed by atoms with Gasteiger partial charge in [0.05, 0.1) is 6.61 Å². The van der Waals surface area contributed by atoms with E-state index in [4.69, 9.17) is 4.42 Å². The van der Waals surface area contributed by atoms with Crippen LogP contribution in [0, 0.1) is 0 Å². The molecule has 0 saturated carbocycles. The number of benzene rings is 1. The molecule has 0 aliphatic rings. The molecule has 2 aromatic rings. The second-order valence-corrected chi connectivity index (χ2v) is 3.77. The number of ketones is 1. The molecule has 0 fully saturated rings. The molecule has 0 aliphatic heterocycles. The average molecular weight is 268 g/mol. The van der Waals surface area contributed by atoms with Crippen LogP contribution < -0.4 is 0 Å². The van der Waals surface area contributed by atoms with Crippen molar-refractivity contribution in [2.75, 3.05) is 6.61 Å². The van der Waals surface area contributed by atoms with E-state index in [1.165, 1.54) is 19.1 Å². The first-order valence-electron chi connectivity index (χ1n) is 5.55. The van der Waals surface area contributed by atoms with Gasteiger partial charge >= 0.3 is 11.9 Å². The van der Waals surface area contributed by atoms with Crippen LogP contribution in [0.15, 0.2) is 34.7 Å². The first-order valence-corrected chi connectivity index (χ1v) is 5.55. The smallest absolute Gasteiger partial charge is 0.407 e. The Morgan fingerprint density at radius 2 is 2.00 bits per heavy atom. The van der Waals surface area contributed by atoms with Gasteiger partial charge in [0.15, 0.2) is 5.76 Å². The van der Waals surface area contributed by atoms with E-state index in [1.807, 2.05) is 0 Å². The summed E-state index contributed by atoms with van der Waals surface area (Å²) in [5.74, 6) is -8.40. The van der Waals surface area contributed by atoms with Crippen LogP contribution in [0.25, 0.3) is 11.0 Å². The Balaban J connectivity index is 2.35. The molecule has 0 aliphatic carbocycles. The van der Waals surface area contributed by atoms with Crippen molar-refractivity contribution in [1.82, 2.24) is 0 Å². The quantitative estimate of drug-likeness (QED) is 0.486. The second kappa shape index (κ2) is 4.79. The van der Waals surface area contributed by atoms with Crippen LogP contribution in [0.5, 0.6) is 0 Å². The molecule has 0 saturated heterocycles. The predicted octanol–water partition coefficient (Wildman–Crippen LogP) is 2.81. The number of fused-ring (bicyclic) bond motifs is 1. The molecule has 4 nitrogen and oxygen atoms in total. The number of carbonyl (C=O) groups is 2. The van der Waals surface area contributed by atoms with E-state index in [2.05, 4.69) is 4.74 Å². The summed E-state index contributed by atoms with van der Waals surface area (Å²) in [4.78, 5) is 22.7. The average Bonchev–Trinajstić information content (AvgIpc) is 2.81. The van der Waals surface area contributed by atoms with Crippen molar-refractivity contribution in [2.24, 2.45) is 0 Å². The topological polar surface area (TPSA) is 56.5 Å². The van der Waals surface area contributed by atoms with Crippen LogP contribution >= 0.6 is 0 Å². The molecular formula is C13H10F2O4. The number of alkyl halides is 2. The van der Waals surface area contributed by atoms with Gasteiger partial charge in [0.2, 0.25) is 0 Å². The molecule has 2 rings (SSSR count). The summed E-state index contributed by atoms with van der Waals surface area (Å²) in [5.41, 5.74) is 0.297. The predicted molar refractivity (Wildman–Crippen MR) is 62.1 cm³/mol. The minimum absolute atomic E-state index is 0.234. The third-order valence-corrected chi connectivity index (χ3v) is 2.47. The summed E-state index contributed by atoms with van der Waals surface area (Å²) in [6.45, 7) is 1.14. The zero-order valence-electron chi connectivity index (χ0n) is 9.98. The van der Waals surface area contributed by atoms with Crippen molar-refractivity contribution in [1.29, 1.82) is 0 Å². The maximum Gasteiger partial charge on any atom is 0.407 e. The Morgan fingerprint density at radius 3 is 2.63 bits per heavy atom. The number of hydrogen-bond donors (Lipinski definition) is 0. The van der Waals surface area contributed by atoms with Gasteiger partial charge in [-0.1, -0.05) is 18.2 Å². The normalized spacial score (nSPS) is 11.5. The maximum atomic E-state index is 13.5. The van der Waals surface area contributed by atoms with Crippen LogP contribution in [0.3, 0.4) is 0 Å². The number of carbonyl (C=O) groups excluding carboxylic acids is 2. The summed E-state index contributed by atoms with van der Waals surface area (Å²) in [5, 5.41) is 0.505. The minimum Gasteiger partial charge on any atom is -0.461 e. The SMILES string of the molecule is CCOC(=O)C(F)(F)C(=O)c1cc2ccccc2o1. The Bertz CT molecular complexity index is 597. The van der Waals surface area contributed by atoms with Gasteiger partial charge in [0.25, 0.3) is 5.78 Å². The highest BCUT2D eigenvalue weighted by molar-refractivity contribution is 6.13. The Labute approximate surface area is 106 Å². The lowest BCUT2D eigenvalue weighted by Gasteiger charge is -2.11. The largest absolute Gasteiger partial charge is 0.461 e. The van der Waals surface area contributed by atoms with E-state index >= 15 is 0 Å². The third kappa shape index (κ3) is 2.33. The first kappa shape index (κ1) is 13.2. The lowest BCUT2D eigenvalue weighted by atomic mass is 10.1. The number of ether oxygens (including phenoxy) is 1. The van der Waals surface area contributed by atoms with E-state index in [9.17, 15) is 18.4 Å². The van der Waals surface area contributed by atoms with Crippen LogP contribution in [0.1, 0.15) is 17.5 Å². The first-order chi connectivity index (χ1) is 8.96. The number of halogens is 2. The molecule has 0 amide bonds. The molecule has 0 atom stereocenters. The van der Waals surface area contributed by atoms with E-state index in [0.717, 1.165) is 0 Å². The number of para-hydroxylation sites is 1. The van der Waals surface area contributed by atoms with Crippen molar-refractivity contribution in [3.63, 3.8) is 0 Å². The Hall–Kier alpha value is -2.24. The number of esters is 1. The van der Waals surface area contributed by atoms with Crippen molar-refractivity contribution >= 4 is 22.7 Å². The molecule has 19 heavy (non-hydrogen) atoms. The minimum atomic E-state index is -4.25. The fourth-order valence-corrected chi connectivity index (χ4v) is 1.56. The number of rotatable bonds is 4. The van der Waals surface area contributed by atoms with E-state index in [0.29, 0.717) is 11.0 Å². The summed E-state index contributed by atoms with van der Waals surface area (Å²) in [6, 6.07) is 7.64. The summed E-state index contributed by atoms with van der Waals surface area (Å²) in [7, 11) is 0. The van der Waals surface area contributed by atoms with Crippen molar-refractivity contribution in [3.8, 4) is 0 Å². The van der Waals surface area contributed by atoms with E-state index in [-0.39, 0.29) is 6.61 Å². The van der Waals surface area contributed by atoms with Crippen molar-refractivity contribution < 1.29 is 27.5 Å². The maximum absolute atomic E-state index is 13.5. The van der Waals surface area contributed by atoms with Gasteiger partial charge in [-0.15, -0.1) is 0 Å². The third-order valence-electron chi connectivity index (χ3n) is 2.47. The van der Waals surface area contributed by atoms with Gasteiger partial charge in [-0.05, 0) is 19.1 Å². The molecule has 6 heteroatoms. The van der Waals surface area contributed by atoms with Crippen LogP contribution in [-0.2, 0) is 9.53 Å². The molecule has 1 aromatic carbocycles. The van der Waals surface area contributed by atoms with Gasteiger partial charge in [-0.3, -0.25) is 4.79 Å². The number of furan rings is 1. The summed E-state index contributed by atoms with van der Waals surface area (Å²) < 4.78 is 36.2. The highest BCUT2D eigenvalue weighted by Gasteiger charge is 2.50. The van der Waals surface area contributed by atoms with Crippen LogP contribution in [0.4, 0.5) is 8.78 Å². The van der Waals surface area contributed by atoms with Crippen molar-refractivity contribution in [2.45, 2.75) is 12.8 Å². The molecule has 0 unspecified atom stereocenters. The highest BCUT2D eigenvalue weighted by atomic mass is 19.3. The van der Waals surface area contributed by atoms with Crippen LogP contribution in [0.2, 0.25) is 0 Å².